The number of nitrogens with zero attached hydrogens (tertiary/aromatic N) is 1. The highest BCUT2D eigenvalue weighted by Crippen LogP contribution is 2.14. The highest BCUT2D eigenvalue weighted by molar-refractivity contribution is 6.30. The van der Waals surface area contributed by atoms with Crippen molar-refractivity contribution in [2.75, 3.05) is 13.6 Å². The fourth-order valence-corrected chi connectivity index (χ4v) is 1.24. The predicted octanol–water partition coefficient (Wildman–Crippen LogP) is 2.17. The van der Waals surface area contributed by atoms with Crippen LogP contribution in [0.4, 0.5) is 0 Å². The van der Waals surface area contributed by atoms with Gasteiger partial charge >= 0.3 is 0 Å². The van der Waals surface area contributed by atoms with Crippen molar-refractivity contribution in [1.82, 2.24) is 5.32 Å². The number of hydrogen-bond acceptors (Lipinski definition) is 2. The molecule has 0 aliphatic heterocycles. The lowest BCUT2D eigenvalue weighted by molar-refractivity contribution is 0.818. The van der Waals surface area contributed by atoms with Crippen LogP contribution in [-0.2, 0) is 0 Å². The molecule has 0 saturated heterocycles. The van der Waals surface area contributed by atoms with Gasteiger partial charge in [0.25, 0.3) is 0 Å². The summed E-state index contributed by atoms with van der Waals surface area (Å²) < 4.78 is 0. The first-order valence-corrected chi connectivity index (χ1v) is 4.99. The summed E-state index contributed by atoms with van der Waals surface area (Å²) in [5, 5.41) is 12.4. The summed E-state index contributed by atoms with van der Waals surface area (Å²) in [6.45, 7) is 0.850. The van der Waals surface area contributed by atoms with Crippen LogP contribution in [0.15, 0.2) is 18.2 Å². The van der Waals surface area contributed by atoms with Crippen LogP contribution in [0.1, 0.15) is 17.5 Å². The van der Waals surface area contributed by atoms with E-state index in [0.717, 1.165) is 18.5 Å². The summed E-state index contributed by atoms with van der Waals surface area (Å²) in [7, 11) is 1.88. The summed E-state index contributed by atoms with van der Waals surface area (Å²) in [5.41, 5.74) is 1.26. The minimum atomic E-state index is 0.527. The first-order chi connectivity index (χ1) is 7.27. The summed E-state index contributed by atoms with van der Waals surface area (Å²) in [5.74, 6) is 5.95. The molecule has 0 fully saturated rings. The molecular formula is C12H11ClN2. The van der Waals surface area contributed by atoms with E-state index < -0.39 is 0 Å². The molecule has 1 aromatic rings. The first-order valence-electron chi connectivity index (χ1n) is 4.61. The van der Waals surface area contributed by atoms with E-state index in [-0.39, 0.29) is 0 Å². The van der Waals surface area contributed by atoms with Crippen LogP contribution in [0.5, 0.6) is 0 Å². The van der Waals surface area contributed by atoms with E-state index in [9.17, 15) is 0 Å². The molecule has 0 amide bonds. The summed E-state index contributed by atoms with van der Waals surface area (Å²) in [6.07, 6.45) is 0.768. The van der Waals surface area contributed by atoms with Crippen molar-refractivity contribution in [3.05, 3.63) is 34.3 Å². The van der Waals surface area contributed by atoms with Crippen molar-refractivity contribution in [3.8, 4) is 17.9 Å². The molecule has 0 aliphatic carbocycles. The minimum absolute atomic E-state index is 0.527. The van der Waals surface area contributed by atoms with Crippen molar-refractivity contribution in [2.45, 2.75) is 6.42 Å². The Hall–Kier alpha value is -1.48. The van der Waals surface area contributed by atoms with Crippen molar-refractivity contribution >= 4 is 11.6 Å². The zero-order chi connectivity index (χ0) is 11.1. The van der Waals surface area contributed by atoms with E-state index in [4.69, 9.17) is 16.9 Å². The monoisotopic (exact) mass is 218 g/mol. The van der Waals surface area contributed by atoms with E-state index >= 15 is 0 Å². The van der Waals surface area contributed by atoms with Gasteiger partial charge in [-0.2, -0.15) is 5.26 Å². The third kappa shape index (κ3) is 3.64. The molecule has 0 aliphatic rings. The predicted molar refractivity (Wildman–Crippen MR) is 61.6 cm³/mol. The molecule has 0 aromatic heterocycles. The van der Waals surface area contributed by atoms with Gasteiger partial charge in [0.05, 0.1) is 5.56 Å². The highest BCUT2D eigenvalue weighted by Gasteiger charge is 1.98. The molecule has 3 heteroatoms. The number of nitriles is 1. The van der Waals surface area contributed by atoms with E-state index in [1.54, 1.807) is 18.2 Å². The topological polar surface area (TPSA) is 35.8 Å². The molecular weight excluding hydrogens is 208 g/mol. The Bertz CT molecular complexity index is 435. The normalized spacial score (nSPS) is 8.87. The van der Waals surface area contributed by atoms with Crippen LogP contribution in [0.25, 0.3) is 0 Å². The van der Waals surface area contributed by atoms with Gasteiger partial charge in [-0.25, -0.2) is 0 Å². The van der Waals surface area contributed by atoms with Gasteiger partial charge in [-0.15, -0.1) is 0 Å². The molecule has 0 bridgehead atoms. The average Bonchev–Trinajstić information content (AvgIpc) is 2.26. The van der Waals surface area contributed by atoms with Crippen LogP contribution < -0.4 is 5.32 Å². The lowest BCUT2D eigenvalue weighted by Crippen LogP contribution is -2.05. The molecule has 0 spiro atoms. The first kappa shape index (κ1) is 11.6. The van der Waals surface area contributed by atoms with Crippen molar-refractivity contribution in [3.63, 3.8) is 0 Å². The van der Waals surface area contributed by atoms with Crippen LogP contribution in [0, 0.1) is 23.2 Å². The Kier molecular flexibility index (Phi) is 4.71. The standard InChI is InChI=1S/C12H11ClN2/c1-15-7-3-2-4-10-5-6-12(13)8-11(10)9-14/h5-6,8,15H,3,7H2,1H3. The Labute approximate surface area is 94.9 Å². The fourth-order valence-electron chi connectivity index (χ4n) is 1.06. The maximum Gasteiger partial charge on any atom is 0.100 e. The zero-order valence-electron chi connectivity index (χ0n) is 8.47. The van der Waals surface area contributed by atoms with Crippen LogP contribution in [0.2, 0.25) is 5.02 Å². The summed E-state index contributed by atoms with van der Waals surface area (Å²) >= 11 is 5.77. The van der Waals surface area contributed by atoms with E-state index in [1.165, 1.54) is 0 Å². The lowest BCUT2D eigenvalue weighted by Gasteiger charge is -1.95. The number of rotatable bonds is 2. The summed E-state index contributed by atoms with van der Waals surface area (Å²) in [4.78, 5) is 0. The number of hydrogen-bond donors (Lipinski definition) is 1. The quantitative estimate of drug-likeness (QED) is 0.610. The highest BCUT2D eigenvalue weighted by atomic mass is 35.5. The number of benzene rings is 1. The molecule has 1 N–H and O–H groups in total. The van der Waals surface area contributed by atoms with E-state index in [0.29, 0.717) is 10.6 Å². The largest absolute Gasteiger partial charge is 0.319 e. The molecule has 0 radical (unpaired) electrons. The smallest absolute Gasteiger partial charge is 0.100 e. The Balaban J connectivity index is 2.84. The van der Waals surface area contributed by atoms with E-state index in [1.807, 2.05) is 7.05 Å². The SMILES string of the molecule is CNCCC#Cc1ccc(Cl)cc1C#N. The maximum atomic E-state index is 8.86. The zero-order valence-corrected chi connectivity index (χ0v) is 9.23. The third-order valence-electron chi connectivity index (χ3n) is 1.83. The second-order valence-corrected chi connectivity index (χ2v) is 3.39. The van der Waals surface area contributed by atoms with E-state index in [2.05, 4.69) is 23.2 Å². The van der Waals surface area contributed by atoms with Crippen LogP contribution in [0.3, 0.4) is 0 Å². The van der Waals surface area contributed by atoms with Gasteiger partial charge in [-0.05, 0) is 25.2 Å². The van der Waals surface area contributed by atoms with Gasteiger partial charge in [-0.3, -0.25) is 0 Å². The Morgan fingerprint density at radius 2 is 2.20 bits per heavy atom. The number of halogens is 1. The van der Waals surface area contributed by atoms with Crippen molar-refractivity contribution in [1.29, 1.82) is 5.26 Å². The number of nitrogens with one attached hydrogen (secondary N) is 1. The second kappa shape index (κ2) is 6.09. The fraction of sp³-hybridized carbons (Fsp3) is 0.250. The van der Waals surface area contributed by atoms with Gasteiger partial charge in [0.1, 0.15) is 6.07 Å². The Morgan fingerprint density at radius 3 is 2.87 bits per heavy atom. The molecule has 0 unspecified atom stereocenters. The molecule has 0 atom stereocenters. The Morgan fingerprint density at radius 1 is 1.40 bits per heavy atom. The maximum absolute atomic E-state index is 8.86. The molecule has 15 heavy (non-hydrogen) atoms. The summed E-state index contributed by atoms with van der Waals surface area (Å²) in [6, 6.07) is 7.21. The molecule has 0 heterocycles. The lowest BCUT2D eigenvalue weighted by atomic mass is 10.1. The average molecular weight is 219 g/mol. The van der Waals surface area contributed by atoms with Gasteiger partial charge in [-0.1, -0.05) is 23.4 Å². The van der Waals surface area contributed by atoms with Gasteiger partial charge in [0.2, 0.25) is 0 Å². The second-order valence-electron chi connectivity index (χ2n) is 2.96. The van der Waals surface area contributed by atoms with Gasteiger partial charge in [0.15, 0.2) is 0 Å². The molecule has 1 aromatic carbocycles. The van der Waals surface area contributed by atoms with Crippen LogP contribution >= 0.6 is 11.6 Å². The van der Waals surface area contributed by atoms with Crippen molar-refractivity contribution < 1.29 is 0 Å². The van der Waals surface area contributed by atoms with Gasteiger partial charge < -0.3 is 5.32 Å². The van der Waals surface area contributed by atoms with Gasteiger partial charge in [0, 0.05) is 23.6 Å². The molecule has 1 rings (SSSR count). The van der Waals surface area contributed by atoms with Crippen molar-refractivity contribution in [2.24, 2.45) is 0 Å². The molecule has 0 saturated carbocycles. The molecule has 2 nitrogen and oxygen atoms in total. The van der Waals surface area contributed by atoms with Crippen LogP contribution in [-0.4, -0.2) is 13.6 Å². The molecule has 76 valence electrons. The third-order valence-corrected chi connectivity index (χ3v) is 2.06. The minimum Gasteiger partial charge on any atom is -0.319 e.